The lowest BCUT2D eigenvalue weighted by atomic mass is 9.70. The van der Waals surface area contributed by atoms with E-state index in [-0.39, 0.29) is 39.7 Å². The summed E-state index contributed by atoms with van der Waals surface area (Å²) in [7, 11) is 0. The minimum Gasteiger partial charge on any atom is -0.507 e. The van der Waals surface area contributed by atoms with Crippen molar-refractivity contribution >= 4 is 28.3 Å². The number of ketones is 1. The number of cyclic esters (lactones) is 1. The van der Waals surface area contributed by atoms with Gasteiger partial charge in [-0.15, -0.1) is 0 Å². The molecule has 4 rings (SSSR count). The van der Waals surface area contributed by atoms with Crippen LogP contribution in [0.2, 0.25) is 0 Å². The topological polar surface area (TPSA) is 104 Å². The molecule has 0 spiro atoms. The number of phenolic OH excluding ortho intramolecular Hbond substituents is 2. The van der Waals surface area contributed by atoms with Crippen molar-refractivity contribution in [3.63, 3.8) is 0 Å². The number of aliphatic hydroxyl groups is 1. The Balaban J connectivity index is 2.19. The van der Waals surface area contributed by atoms with E-state index in [1.165, 1.54) is 13.0 Å². The van der Waals surface area contributed by atoms with Crippen LogP contribution in [0.3, 0.4) is 0 Å². The van der Waals surface area contributed by atoms with Gasteiger partial charge in [0.05, 0.1) is 11.0 Å². The summed E-state index contributed by atoms with van der Waals surface area (Å²) >= 11 is 0. The molecule has 6 nitrogen and oxygen atoms in total. The Hall–Kier alpha value is -3.02. The Labute approximate surface area is 155 Å². The van der Waals surface area contributed by atoms with Crippen LogP contribution in [0.4, 0.5) is 0 Å². The molecule has 140 valence electrons. The molecule has 0 fully saturated rings. The fraction of sp³-hybridized carbons (Fsp3) is 0.333. The highest BCUT2D eigenvalue weighted by Gasteiger charge is 2.41. The van der Waals surface area contributed by atoms with E-state index in [4.69, 9.17) is 4.74 Å². The third-order valence-electron chi connectivity index (χ3n) is 5.66. The zero-order chi connectivity index (χ0) is 19.8. The van der Waals surface area contributed by atoms with Crippen molar-refractivity contribution in [2.75, 3.05) is 0 Å². The molecule has 2 aromatic rings. The van der Waals surface area contributed by atoms with Gasteiger partial charge in [0.2, 0.25) is 0 Å². The summed E-state index contributed by atoms with van der Waals surface area (Å²) in [4.78, 5) is 24.9. The number of benzene rings is 2. The number of aliphatic hydroxyl groups excluding tert-OH is 1. The highest BCUT2D eigenvalue weighted by atomic mass is 16.5. The number of carbonyl (C=O) groups is 2. The van der Waals surface area contributed by atoms with E-state index in [0.717, 1.165) is 0 Å². The fourth-order valence-corrected chi connectivity index (χ4v) is 4.24. The number of esters is 1. The molecule has 0 saturated carbocycles. The molecular formula is C21H20O6. The number of hydrogen-bond donors (Lipinski definition) is 3. The van der Waals surface area contributed by atoms with Gasteiger partial charge in [-0.3, -0.25) is 4.79 Å². The zero-order valence-corrected chi connectivity index (χ0v) is 15.5. The Morgan fingerprint density at radius 1 is 1.11 bits per heavy atom. The van der Waals surface area contributed by atoms with Gasteiger partial charge >= 0.3 is 5.97 Å². The first-order valence-corrected chi connectivity index (χ1v) is 8.76. The SMILES string of the molecule is CC1=C(O)c2c(cc3cc(O)c4c(c3c2O)C[C@H](C)OC4=O)C(C)(C)C1=O. The van der Waals surface area contributed by atoms with Gasteiger partial charge in [-0.25, -0.2) is 4.79 Å². The van der Waals surface area contributed by atoms with E-state index in [1.807, 2.05) is 0 Å². The number of ether oxygens (including phenoxy) is 1. The van der Waals surface area contributed by atoms with Gasteiger partial charge in [0, 0.05) is 17.4 Å². The minimum atomic E-state index is -0.949. The molecule has 0 amide bonds. The Bertz CT molecular complexity index is 1090. The monoisotopic (exact) mass is 368 g/mol. The lowest BCUT2D eigenvalue weighted by molar-refractivity contribution is -0.120. The maximum Gasteiger partial charge on any atom is 0.342 e. The van der Waals surface area contributed by atoms with E-state index >= 15 is 0 Å². The summed E-state index contributed by atoms with van der Waals surface area (Å²) in [6.45, 7) is 6.72. The molecule has 27 heavy (non-hydrogen) atoms. The summed E-state index contributed by atoms with van der Waals surface area (Å²) in [5, 5.41) is 32.9. The predicted octanol–water partition coefficient (Wildman–Crippen LogP) is 3.50. The third kappa shape index (κ3) is 2.13. The van der Waals surface area contributed by atoms with Gasteiger partial charge in [0.1, 0.15) is 28.9 Å². The summed E-state index contributed by atoms with van der Waals surface area (Å²) < 4.78 is 5.20. The van der Waals surface area contributed by atoms with Crippen LogP contribution < -0.4 is 0 Å². The number of aromatic hydroxyl groups is 2. The van der Waals surface area contributed by atoms with Crippen LogP contribution in [0.5, 0.6) is 11.5 Å². The second-order valence-electron chi connectivity index (χ2n) is 7.84. The summed E-state index contributed by atoms with van der Waals surface area (Å²) in [5.74, 6) is -1.57. The maximum absolute atomic E-state index is 12.6. The third-order valence-corrected chi connectivity index (χ3v) is 5.66. The molecule has 3 N–H and O–H groups in total. The highest BCUT2D eigenvalue weighted by molar-refractivity contribution is 6.14. The average molecular weight is 368 g/mol. The lowest BCUT2D eigenvalue weighted by Crippen LogP contribution is -2.34. The molecule has 0 unspecified atom stereocenters. The van der Waals surface area contributed by atoms with Crippen molar-refractivity contribution in [3.05, 3.63) is 40.0 Å². The van der Waals surface area contributed by atoms with Gasteiger partial charge in [0.25, 0.3) is 0 Å². The van der Waals surface area contributed by atoms with E-state index < -0.39 is 17.5 Å². The van der Waals surface area contributed by atoms with Crippen LogP contribution >= 0.6 is 0 Å². The minimum absolute atomic E-state index is 0.0298. The Kier molecular flexibility index (Phi) is 3.38. The molecule has 1 aliphatic carbocycles. The molecule has 1 aliphatic heterocycles. The van der Waals surface area contributed by atoms with Crippen LogP contribution in [0.1, 0.15) is 54.7 Å². The first kappa shape index (κ1) is 17.4. The molecular weight excluding hydrogens is 348 g/mol. The van der Waals surface area contributed by atoms with Crippen molar-refractivity contribution < 1.29 is 29.6 Å². The summed E-state index contributed by atoms with van der Waals surface area (Å²) in [6.07, 6.45) is -0.0845. The molecule has 0 bridgehead atoms. The van der Waals surface area contributed by atoms with Crippen molar-refractivity contribution in [2.45, 2.75) is 45.6 Å². The summed E-state index contributed by atoms with van der Waals surface area (Å²) in [6, 6.07) is 3.07. The van der Waals surface area contributed by atoms with E-state index in [2.05, 4.69) is 0 Å². The normalized spacial score (nSPS) is 21.1. The molecule has 1 atom stereocenters. The van der Waals surface area contributed by atoms with Crippen molar-refractivity contribution in [1.29, 1.82) is 0 Å². The number of carbonyl (C=O) groups excluding carboxylic acids is 2. The molecule has 6 heteroatoms. The van der Waals surface area contributed by atoms with Gasteiger partial charge in [-0.2, -0.15) is 0 Å². The zero-order valence-electron chi connectivity index (χ0n) is 15.5. The standard InChI is InChI=1S/C21H20O6/c1-8-5-11-14-10(7-13(22)15(11)20(26)27-8)6-12-16(18(14)24)17(23)9(2)19(25)21(12,3)4/h6-8,22-24H,5H2,1-4H3/t8-/m0/s1. The second-order valence-corrected chi connectivity index (χ2v) is 7.84. The number of fused-ring (bicyclic) bond motifs is 4. The number of Topliss-reactive ketones (excluding diaryl/α,β-unsaturated/α-hetero) is 1. The van der Waals surface area contributed by atoms with Gasteiger partial charge < -0.3 is 20.1 Å². The molecule has 0 radical (unpaired) electrons. The van der Waals surface area contributed by atoms with Crippen LogP contribution in [-0.2, 0) is 21.4 Å². The first-order chi connectivity index (χ1) is 12.6. The van der Waals surface area contributed by atoms with Crippen LogP contribution in [-0.4, -0.2) is 33.2 Å². The quantitative estimate of drug-likeness (QED) is 0.615. The smallest absolute Gasteiger partial charge is 0.342 e. The van der Waals surface area contributed by atoms with Gasteiger partial charge in [-0.1, -0.05) is 0 Å². The Morgan fingerprint density at radius 2 is 1.78 bits per heavy atom. The van der Waals surface area contributed by atoms with Crippen molar-refractivity contribution in [3.8, 4) is 11.5 Å². The first-order valence-electron chi connectivity index (χ1n) is 8.76. The van der Waals surface area contributed by atoms with E-state index in [1.54, 1.807) is 26.8 Å². The number of phenols is 2. The molecule has 2 aliphatic rings. The second kappa shape index (κ2) is 5.25. The lowest BCUT2D eigenvalue weighted by Gasteiger charge is -2.33. The van der Waals surface area contributed by atoms with E-state index in [0.29, 0.717) is 28.3 Å². The number of hydrogen-bond acceptors (Lipinski definition) is 6. The van der Waals surface area contributed by atoms with Crippen LogP contribution in [0, 0.1) is 0 Å². The van der Waals surface area contributed by atoms with Crippen LogP contribution in [0.15, 0.2) is 17.7 Å². The molecule has 0 saturated heterocycles. The summed E-state index contributed by atoms with van der Waals surface area (Å²) in [5.41, 5.74) is 0.421. The van der Waals surface area contributed by atoms with Crippen LogP contribution in [0.25, 0.3) is 16.5 Å². The largest absolute Gasteiger partial charge is 0.507 e. The van der Waals surface area contributed by atoms with E-state index in [9.17, 15) is 24.9 Å². The van der Waals surface area contributed by atoms with Crippen molar-refractivity contribution in [2.24, 2.45) is 0 Å². The molecule has 0 aromatic heterocycles. The fourth-order valence-electron chi connectivity index (χ4n) is 4.24. The average Bonchev–Trinajstić information content (AvgIpc) is 2.57. The Morgan fingerprint density at radius 3 is 2.44 bits per heavy atom. The maximum atomic E-state index is 12.6. The molecule has 1 heterocycles. The van der Waals surface area contributed by atoms with Gasteiger partial charge in [0.15, 0.2) is 5.78 Å². The highest BCUT2D eigenvalue weighted by Crippen LogP contribution is 2.49. The predicted molar refractivity (Wildman–Crippen MR) is 99.1 cm³/mol. The number of rotatable bonds is 0. The number of allylic oxidation sites excluding steroid dienone is 1. The van der Waals surface area contributed by atoms with Gasteiger partial charge in [-0.05, 0) is 56.3 Å². The van der Waals surface area contributed by atoms with Crippen molar-refractivity contribution in [1.82, 2.24) is 0 Å². The molecule has 2 aromatic carbocycles.